The molecule has 0 bridgehead atoms. The van der Waals surface area contributed by atoms with Crippen LogP contribution in [0.3, 0.4) is 0 Å². The summed E-state index contributed by atoms with van der Waals surface area (Å²) in [7, 11) is -3.47. The number of para-hydroxylation sites is 1. The molecule has 1 aliphatic heterocycles. The van der Waals surface area contributed by atoms with Crippen molar-refractivity contribution in [1.82, 2.24) is 4.31 Å². The molecule has 2 aromatic carbocycles. The number of hydrogen-bond acceptors (Lipinski definition) is 3. The molecule has 1 aliphatic rings. The van der Waals surface area contributed by atoms with Gasteiger partial charge in [0.25, 0.3) is 0 Å². The summed E-state index contributed by atoms with van der Waals surface area (Å²) in [5.74, 6) is -0.448. The molecular formula is C23H30N2O3S. The minimum atomic E-state index is -3.47. The minimum Gasteiger partial charge on any atom is -0.325 e. The van der Waals surface area contributed by atoms with Crippen molar-refractivity contribution in [3.05, 3.63) is 64.7 Å². The van der Waals surface area contributed by atoms with Crippen LogP contribution >= 0.6 is 0 Å². The van der Waals surface area contributed by atoms with Gasteiger partial charge in [0, 0.05) is 18.8 Å². The molecule has 1 atom stereocenters. The van der Waals surface area contributed by atoms with Gasteiger partial charge in [0.15, 0.2) is 0 Å². The van der Waals surface area contributed by atoms with Crippen LogP contribution in [0, 0.1) is 19.8 Å². The molecule has 0 aromatic heterocycles. The van der Waals surface area contributed by atoms with Gasteiger partial charge >= 0.3 is 0 Å². The Labute approximate surface area is 174 Å². The van der Waals surface area contributed by atoms with Gasteiger partial charge in [-0.3, -0.25) is 4.79 Å². The maximum absolute atomic E-state index is 13.0. The summed E-state index contributed by atoms with van der Waals surface area (Å²) in [5, 5.41) is 3.07. The van der Waals surface area contributed by atoms with Crippen molar-refractivity contribution in [1.29, 1.82) is 0 Å². The van der Waals surface area contributed by atoms with Gasteiger partial charge in [0.2, 0.25) is 15.9 Å². The molecular weight excluding hydrogens is 384 g/mol. The van der Waals surface area contributed by atoms with E-state index in [9.17, 15) is 13.2 Å². The molecule has 0 saturated carbocycles. The van der Waals surface area contributed by atoms with E-state index in [1.54, 1.807) is 0 Å². The third kappa shape index (κ3) is 5.06. The first kappa shape index (κ1) is 21.5. The maximum atomic E-state index is 13.0. The molecule has 1 heterocycles. The highest BCUT2D eigenvalue weighted by molar-refractivity contribution is 7.88. The van der Waals surface area contributed by atoms with Crippen LogP contribution in [0.5, 0.6) is 0 Å². The number of aryl methyl sites for hydroxylation is 3. The number of hydrogen-bond donors (Lipinski definition) is 1. The Morgan fingerprint density at radius 2 is 1.76 bits per heavy atom. The van der Waals surface area contributed by atoms with Crippen LogP contribution in [-0.2, 0) is 27.0 Å². The van der Waals surface area contributed by atoms with Gasteiger partial charge in [0.1, 0.15) is 0 Å². The van der Waals surface area contributed by atoms with Crippen molar-refractivity contribution in [2.75, 3.05) is 18.4 Å². The third-order valence-electron chi connectivity index (χ3n) is 5.74. The molecule has 1 saturated heterocycles. The Morgan fingerprint density at radius 1 is 1.07 bits per heavy atom. The van der Waals surface area contributed by atoms with Crippen molar-refractivity contribution in [2.24, 2.45) is 5.92 Å². The second-order valence-electron chi connectivity index (χ2n) is 7.83. The SMILES string of the molecule is CCc1cccc(C)c1NC(=O)C1CCCN(S(=O)(=O)Cc2ccccc2C)C1. The third-order valence-corrected chi connectivity index (χ3v) is 7.53. The Kier molecular flexibility index (Phi) is 6.75. The van der Waals surface area contributed by atoms with Crippen molar-refractivity contribution in [3.8, 4) is 0 Å². The van der Waals surface area contributed by atoms with E-state index in [1.807, 2.05) is 56.3 Å². The zero-order valence-electron chi connectivity index (χ0n) is 17.4. The highest BCUT2D eigenvalue weighted by Crippen LogP contribution is 2.26. The molecule has 0 aliphatic carbocycles. The summed E-state index contributed by atoms with van der Waals surface area (Å²) in [6, 6.07) is 13.5. The second-order valence-corrected chi connectivity index (χ2v) is 9.80. The van der Waals surface area contributed by atoms with Gasteiger partial charge in [-0.05, 0) is 55.4 Å². The minimum absolute atomic E-state index is 0.0220. The molecule has 1 amide bonds. The van der Waals surface area contributed by atoms with Crippen LogP contribution in [-0.4, -0.2) is 31.7 Å². The van der Waals surface area contributed by atoms with Crippen LogP contribution in [0.15, 0.2) is 42.5 Å². The summed E-state index contributed by atoms with van der Waals surface area (Å²) in [5.41, 5.74) is 4.76. The molecule has 1 fully saturated rings. The highest BCUT2D eigenvalue weighted by Gasteiger charge is 2.33. The quantitative estimate of drug-likeness (QED) is 0.776. The standard InChI is InChI=1S/C23H30N2O3S/c1-4-19-12-7-10-18(3)22(19)24-23(26)20-13-8-14-25(15-20)29(27,28)16-21-11-6-5-9-17(21)2/h5-7,9-12,20H,4,8,13-16H2,1-3H3,(H,24,26). The number of nitrogens with zero attached hydrogens (tertiary/aromatic N) is 1. The Bertz CT molecular complexity index is 985. The highest BCUT2D eigenvalue weighted by atomic mass is 32.2. The molecule has 29 heavy (non-hydrogen) atoms. The lowest BCUT2D eigenvalue weighted by atomic mass is 9.98. The lowest BCUT2D eigenvalue weighted by Crippen LogP contribution is -2.44. The van der Waals surface area contributed by atoms with Crippen LogP contribution in [0.2, 0.25) is 0 Å². The van der Waals surface area contributed by atoms with E-state index >= 15 is 0 Å². The first-order valence-electron chi connectivity index (χ1n) is 10.2. The fraction of sp³-hybridized carbons (Fsp3) is 0.435. The molecule has 1 unspecified atom stereocenters. The zero-order chi connectivity index (χ0) is 21.0. The van der Waals surface area contributed by atoms with Gasteiger partial charge < -0.3 is 5.32 Å². The van der Waals surface area contributed by atoms with Crippen molar-refractivity contribution in [3.63, 3.8) is 0 Å². The normalized spacial score (nSPS) is 17.8. The van der Waals surface area contributed by atoms with Crippen LogP contribution in [0.1, 0.15) is 42.0 Å². The van der Waals surface area contributed by atoms with Crippen molar-refractivity contribution < 1.29 is 13.2 Å². The Balaban J connectivity index is 1.72. The van der Waals surface area contributed by atoms with Crippen molar-refractivity contribution >= 4 is 21.6 Å². The second kappa shape index (κ2) is 9.09. The van der Waals surface area contributed by atoms with E-state index in [4.69, 9.17) is 0 Å². The number of anilines is 1. The molecule has 6 heteroatoms. The predicted octanol–water partition coefficient (Wildman–Crippen LogP) is 4.05. The average Bonchev–Trinajstić information content (AvgIpc) is 2.71. The Hall–Kier alpha value is -2.18. The fourth-order valence-electron chi connectivity index (χ4n) is 3.90. The number of piperidine rings is 1. The van der Waals surface area contributed by atoms with E-state index < -0.39 is 10.0 Å². The van der Waals surface area contributed by atoms with Gasteiger partial charge in [-0.1, -0.05) is 49.4 Å². The zero-order valence-corrected chi connectivity index (χ0v) is 18.3. The van der Waals surface area contributed by atoms with E-state index in [0.717, 1.165) is 34.4 Å². The van der Waals surface area contributed by atoms with Crippen molar-refractivity contribution in [2.45, 2.75) is 45.8 Å². The molecule has 0 spiro atoms. The summed E-state index contributed by atoms with van der Waals surface area (Å²) < 4.78 is 27.5. The Morgan fingerprint density at radius 3 is 2.48 bits per heavy atom. The van der Waals surface area contributed by atoms with Gasteiger partial charge in [0.05, 0.1) is 11.7 Å². The van der Waals surface area contributed by atoms with Gasteiger partial charge in [-0.2, -0.15) is 0 Å². The van der Waals surface area contributed by atoms with Gasteiger partial charge in [-0.15, -0.1) is 0 Å². The lowest BCUT2D eigenvalue weighted by molar-refractivity contribution is -0.120. The smallest absolute Gasteiger partial charge is 0.228 e. The van der Waals surface area contributed by atoms with E-state index in [2.05, 4.69) is 12.2 Å². The van der Waals surface area contributed by atoms with Gasteiger partial charge in [-0.25, -0.2) is 12.7 Å². The van der Waals surface area contributed by atoms with Crippen LogP contribution in [0.4, 0.5) is 5.69 Å². The number of rotatable bonds is 6. The summed E-state index contributed by atoms with van der Waals surface area (Å²) in [4.78, 5) is 12.9. The fourth-order valence-corrected chi connectivity index (χ4v) is 5.61. The topological polar surface area (TPSA) is 66.5 Å². The molecule has 1 N–H and O–H groups in total. The number of carbonyl (C=O) groups excluding carboxylic acids is 1. The van der Waals surface area contributed by atoms with Crippen LogP contribution in [0.25, 0.3) is 0 Å². The van der Waals surface area contributed by atoms with Crippen LogP contribution < -0.4 is 5.32 Å². The van der Waals surface area contributed by atoms with E-state index in [-0.39, 0.29) is 24.1 Å². The first-order valence-corrected chi connectivity index (χ1v) is 11.8. The first-order chi connectivity index (χ1) is 13.8. The van der Waals surface area contributed by atoms with E-state index in [1.165, 1.54) is 4.31 Å². The molecule has 5 nitrogen and oxygen atoms in total. The monoisotopic (exact) mass is 414 g/mol. The number of sulfonamides is 1. The predicted molar refractivity (Wildman–Crippen MR) is 117 cm³/mol. The maximum Gasteiger partial charge on any atom is 0.228 e. The number of amides is 1. The van der Waals surface area contributed by atoms with E-state index in [0.29, 0.717) is 19.4 Å². The largest absolute Gasteiger partial charge is 0.325 e. The average molecular weight is 415 g/mol. The lowest BCUT2D eigenvalue weighted by Gasteiger charge is -2.31. The molecule has 0 radical (unpaired) electrons. The number of carbonyl (C=O) groups is 1. The number of nitrogens with one attached hydrogen (secondary N) is 1. The number of benzene rings is 2. The molecule has 2 aromatic rings. The summed E-state index contributed by atoms with van der Waals surface area (Å²) in [6.45, 7) is 6.68. The molecule has 156 valence electrons. The molecule has 3 rings (SSSR count). The summed E-state index contributed by atoms with van der Waals surface area (Å²) in [6.07, 6.45) is 2.23. The summed E-state index contributed by atoms with van der Waals surface area (Å²) >= 11 is 0.